The Morgan fingerprint density at radius 2 is 1.75 bits per heavy atom. The van der Waals surface area contributed by atoms with Gasteiger partial charge in [0.25, 0.3) is 7.82 Å². The summed E-state index contributed by atoms with van der Waals surface area (Å²) < 4.78 is 32.2. The normalized spacial score (nSPS) is 15.2. The highest BCUT2D eigenvalue weighted by Crippen LogP contribution is 2.38. The Morgan fingerprint density at radius 1 is 1.07 bits per heavy atom. The molecular formula is C18H34NO8P. The van der Waals surface area contributed by atoms with Crippen LogP contribution >= 0.6 is 7.82 Å². The van der Waals surface area contributed by atoms with Gasteiger partial charge in [-0.05, 0) is 12.8 Å². The number of carbonyl (C=O) groups excluding carboxylic acids is 2. The topological polar surface area (TPSA) is 111 Å². The summed E-state index contributed by atoms with van der Waals surface area (Å²) in [5.41, 5.74) is 0. The lowest BCUT2D eigenvalue weighted by Crippen LogP contribution is -2.37. The molecule has 2 atom stereocenters. The van der Waals surface area contributed by atoms with Gasteiger partial charge in [0.05, 0.1) is 34.2 Å². The molecule has 0 aromatic heterocycles. The van der Waals surface area contributed by atoms with Gasteiger partial charge in [-0.1, -0.05) is 26.0 Å². The van der Waals surface area contributed by atoms with Gasteiger partial charge in [-0.25, -0.2) is 0 Å². The van der Waals surface area contributed by atoms with E-state index in [9.17, 15) is 19.0 Å². The SMILES string of the molecule is CC/C=C\CC(=O)O[C@H](COC(=O)CCC)COP(=O)([O-])OCC[N+](C)(C)C. The zero-order chi connectivity index (χ0) is 21.6. The van der Waals surface area contributed by atoms with E-state index in [4.69, 9.17) is 18.5 Å². The Kier molecular flexibility index (Phi) is 13.2. The van der Waals surface area contributed by atoms with Gasteiger partial charge in [0, 0.05) is 6.42 Å². The average Bonchev–Trinajstić information content (AvgIpc) is 2.56. The fraction of sp³-hybridized carbons (Fsp3) is 0.778. The first-order valence-electron chi connectivity index (χ1n) is 9.39. The molecule has 0 aliphatic rings. The maximum atomic E-state index is 11.9. The molecule has 164 valence electrons. The summed E-state index contributed by atoms with van der Waals surface area (Å²) in [4.78, 5) is 35.3. The van der Waals surface area contributed by atoms with Crippen LogP contribution in [-0.4, -0.2) is 70.0 Å². The first-order chi connectivity index (χ1) is 13.0. The number of nitrogens with zero attached hydrogens (tertiary/aromatic N) is 1. The Hall–Kier alpha value is -1.25. The number of likely N-dealkylation sites (N-methyl/N-ethyl adjacent to an activating group) is 1. The van der Waals surface area contributed by atoms with Crippen LogP contribution in [0.15, 0.2) is 12.2 Å². The van der Waals surface area contributed by atoms with Gasteiger partial charge in [0.15, 0.2) is 6.10 Å². The Morgan fingerprint density at radius 3 is 2.32 bits per heavy atom. The van der Waals surface area contributed by atoms with E-state index in [-0.39, 0.29) is 26.1 Å². The Balaban J connectivity index is 4.66. The maximum absolute atomic E-state index is 11.9. The second kappa shape index (κ2) is 13.8. The fourth-order valence-electron chi connectivity index (χ4n) is 1.80. The van der Waals surface area contributed by atoms with Crippen LogP contribution in [0.3, 0.4) is 0 Å². The van der Waals surface area contributed by atoms with Crippen LogP contribution in [0.25, 0.3) is 0 Å². The number of hydrogen-bond donors (Lipinski definition) is 0. The number of phosphoric ester groups is 1. The van der Waals surface area contributed by atoms with Crippen LogP contribution in [0.4, 0.5) is 0 Å². The van der Waals surface area contributed by atoms with E-state index in [0.717, 1.165) is 6.42 Å². The molecule has 1 unspecified atom stereocenters. The first kappa shape index (κ1) is 26.8. The summed E-state index contributed by atoms with van der Waals surface area (Å²) in [6, 6.07) is 0. The molecule has 28 heavy (non-hydrogen) atoms. The van der Waals surface area contributed by atoms with Crippen LogP contribution in [-0.2, 0) is 32.7 Å². The van der Waals surface area contributed by atoms with Gasteiger partial charge < -0.3 is 27.9 Å². The van der Waals surface area contributed by atoms with Gasteiger partial charge in [-0.15, -0.1) is 0 Å². The van der Waals surface area contributed by atoms with Crippen molar-refractivity contribution in [3.63, 3.8) is 0 Å². The second-order valence-electron chi connectivity index (χ2n) is 7.22. The molecule has 0 aliphatic heterocycles. The summed E-state index contributed by atoms with van der Waals surface area (Å²) >= 11 is 0. The average molecular weight is 423 g/mol. The summed E-state index contributed by atoms with van der Waals surface area (Å²) in [6.07, 6.45) is 4.04. The van der Waals surface area contributed by atoms with E-state index >= 15 is 0 Å². The number of phosphoric acid groups is 1. The quantitative estimate of drug-likeness (QED) is 0.170. The van der Waals surface area contributed by atoms with Gasteiger partial charge in [-0.3, -0.25) is 14.2 Å². The summed E-state index contributed by atoms with van der Waals surface area (Å²) in [6.45, 7) is 3.39. The Labute approximate surface area is 167 Å². The van der Waals surface area contributed by atoms with Crippen molar-refractivity contribution in [2.75, 3.05) is 47.5 Å². The summed E-state index contributed by atoms with van der Waals surface area (Å²) in [5, 5.41) is 0. The third-order valence-corrected chi connectivity index (χ3v) is 4.26. The smallest absolute Gasteiger partial charge is 0.310 e. The van der Waals surface area contributed by atoms with Crippen molar-refractivity contribution in [2.24, 2.45) is 0 Å². The highest BCUT2D eigenvalue weighted by molar-refractivity contribution is 7.45. The standard InChI is InChI=1S/C18H34NO8P/c1-6-8-9-11-18(21)27-16(14-24-17(20)10-7-2)15-26-28(22,23)25-13-12-19(3,4)5/h8-9,16H,6-7,10-15H2,1-5H3/b9-8-/t16-/m1/s1. The lowest BCUT2D eigenvalue weighted by atomic mass is 10.3. The van der Waals surface area contributed by atoms with Crippen LogP contribution in [0.2, 0.25) is 0 Å². The molecule has 0 aromatic carbocycles. The van der Waals surface area contributed by atoms with E-state index in [2.05, 4.69) is 0 Å². The van der Waals surface area contributed by atoms with E-state index in [1.54, 1.807) is 12.2 Å². The lowest BCUT2D eigenvalue weighted by Gasteiger charge is -2.28. The van der Waals surface area contributed by atoms with Crippen molar-refractivity contribution >= 4 is 19.8 Å². The van der Waals surface area contributed by atoms with Crippen molar-refractivity contribution in [2.45, 2.75) is 45.6 Å². The van der Waals surface area contributed by atoms with Gasteiger partial charge in [-0.2, -0.15) is 0 Å². The lowest BCUT2D eigenvalue weighted by molar-refractivity contribution is -0.870. The molecule has 0 aliphatic carbocycles. The number of carbonyl (C=O) groups is 2. The number of quaternary nitrogens is 1. The Bertz CT molecular complexity index is 544. The van der Waals surface area contributed by atoms with E-state index in [1.165, 1.54) is 0 Å². The van der Waals surface area contributed by atoms with Crippen molar-refractivity contribution < 1.29 is 42.1 Å². The second-order valence-corrected chi connectivity index (χ2v) is 8.63. The van der Waals surface area contributed by atoms with Gasteiger partial charge >= 0.3 is 11.9 Å². The minimum atomic E-state index is -4.57. The predicted octanol–water partition coefficient (Wildman–Crippen LogP) is 1.81. The fourth-order valence-corrected chi connectivity index (χ4v) is 2.53. The third-order valence-electron chi connectivity index (χ3n) is 3.30. The van der Waals surface area contributed by atoms with Gasteiger partial charge in [0.2, 0.25) is 0 Å². The molecule has 0 saturated carbocycles. The molecule has 0 fully saturated rings. The van der Waals surface area contributed by atoms with Crippen molar-refractivity contribution in [3.8, 4) is 0 Å². The molecule has 0 amide bonds. The predicted molar refractivity (Wildman–Crippen MR) is 102 cm³/mol. The zero-order valence-corrected chi connectivity index (χ0v) is 18.4. The molecule has 9 nitrogen and oxygen atoms in total. The molecule has 0 spiro atoms. The third kappa shape index (κ3) is 15.8. The number of ether oxygens (including phenoxy) is 2. The number of hydrogen-bond acceptors (Lipinski definition) is 8. The number of esters is 2. The molecule has 0 N–H and O–H groups in total. The molecule has 0 heterocycles. The van der Waals surface area contributed by atoms with Crippen molar-refractivity contribution in [3.05, 3.63) is 12.2 Å². The zero-order valence-electron chi connectivity index (χ0n) is 17.5. The minimum absolute atomic E-state index is 0.0300. The first-order valence-corrected chi connectivity index (χ1v) is 10.9. The van der Waals surface area contributed by atoms with E-state index in [1.807, 2.05) is 35.0 Å². The van der Waals surface area contributed by atoms with E-state index in [0.29, 0.717) is 17.4 Å². The highest BCUT2D eigenvalue weighted by Gasteiger charge is 2.21. The molecule has 0 saturated heterocycles. The largest absolute Gasteiger partial charge is 0.756 e. The van der Waals surface area contributed by atoms with Crippen LogP contribution in [0.5, 0.6) is 0 Å². The summed E-state index contributed by atoms with van der Waals surface area (Å²) in [7, 11) is 1.12. The molecule has 0 bridgehead atoms. The number of rotatable bonds is 15. The van der Waals surface area contributed by atoms with Crippen LogP contribution < -0.4 is 4.89 Å². The van der Waals surface area contributed by atoms with Crippen LogP contribution in [0, 0.1) is 0 Å². The van der Waals surface area contributed by atoms with Crippen molar-refractivity contribution in [1.29, 1.82) is 0 Å². The molecular weight excluding hydrogens is 389 g/mol. The minimum Gasteiger partial charge on any atom is -0.756 e. The maximum Gasteiger partial charge on any atom is 0.310 e. The monoisotopic (exact) mass is 423 g/mol. The van der Waals surface area contributed by atoms with Crippen molar-refractivity contribution in [1.82, 2.24) is 0 Å². The number of allylic oxidation sites excluding steroid dienone is 1. The molecule has 0 radical (unpaired) electrons. The highest BCUT2D eigenvalue weighted by atomic mass is 31.2. The van der Waals surface area contributed by atoms with Gasteiger partial charge in [0.1, 0.15) is 19.8 Å². The summed E-state index contributed by atoms with van der Waals surface area (Å²) in [5.74, 6) is -1.03. The van der Waals surface area contributed by atoms with E-state index < -0.39 is 32.5 Å². The van der Waals surface area contributed by atoms with Crippen LogP contribution in [0.1, 0.15) is 39.5 Å². The molecule has 10 heteroatoms. The molecule has 0 aromatic rings. The molecule has 0 rings (SSSR count).